The second-order valence-electron chi connectivity index (χ2n) is 1.94. The Hall–Kier alpha value is -0.520. The van der Waals surface area contributed by atoms with Crippen molar-refractivity contribution in [1.29, 1.82) is 0 Å². The van der Waals surface area contributed by atoms with Crippen LogP contribution in [0, 0.1) is 5.92 Å². The van der Waals surface area contributed by atoms with Crippen LogP contribution in [0.1, 0.15) is 6.42 Å². The van der Waals surface area contributed by atoms with Gasteiger partial charge in [-0.05, 0) is 6.42 Å². The molecule has 0 aliphatic heterocycles. The summed E-state index contributed by atoms with van der Waals surface area (Å²) in [5.74, 6) is 0.894. The largest absolute Gasteiger partial charge is 0.0770 e. The summed E-state index contributed by atoms with van der Waals surface area (Å²) in [6.07, 6.45) is 7.97. The predicted octanol–water partition coefficient (Wildman–Crippen LogP) is 1.50. The lowest BCUT2D eigenvalue weighted by atomic mass is 10.4. The normalized spacial score (nSPS) is 36.0. The van der Waals surface area contributed by atoms with E-state index >= 15 is 0 Å². The van der Waals surface area contributed by atoms with Gasteiger partial charge in [-0.1, -0.05) is 23.8 Å². The van der Waals surface area contributed by atoms with Crippen molar-refractivity contribution in [3.05, 3.63) is 23.8 Å². The van der Waals surface area contributed by atoms with Gasteiger partial charge in [0.05, 0.1) is 0 Å². The first-order valence-corrected chi connectivity index (χ1v) is 2.34. The summed E-state index contributed by atoms with van der Waals surface area (Å²) in [6.45, 7) is 0. The first-order valence-electron chi connectivity index (χ1n) is 2.34. The minimum Gasteiger partial charge on any atom is -0.0770 e. The van der Waals surface area contributed by atoms with Crippen molar-refractivity contribution in [2.24, 2.45) is 5.92 Å². The van der Waals surface area contributed by atoms with Crippen molar-refractivity contribution < 1.29 is 0 Å². The third kappa shape index (κ3) is 0.162. The van der Waals surface area contributed by atoms with Gasteiger partial charge in [0.2, 0.25) is 0 Å². The molecule has 1 atom stereocenters. The zero-order valence-corrected chi connectivity index (χ0v) is 3.52. The smallest absolute Gasteiger partial charge is 0.00208 e. The number of allylic oxidation sites excluding steroid dienone is 4. The highest BCUT2D eigenvalue weighted by atomic mass is 14.3. The van der Waals surface area contributed by atoms with E-state index in [-0.39, 0.29) is 0 Å². The van der Waals surface area contributed by atoms with Crippen LogP contribution in [0.2, 0.25) is 0 Å². The molecule has 0 aromatic carbocycles. The fraction of sp³-hybridized carbons (Fsp3) is 0.333. The van der Waals surface area contributed by atoms with E-state index in [4.69, 9.17) is 0 Å². The van der Waals surface area contributed by atoms with Crippen LogP contribution in [-0.4, -0.2) is 0 Å². The summed E-state index contributed by atoms with van der Waals surface area (Å²) in [6, 6.07) is 0. The Bertz CT molecular complexity index is 129. The van der Waals surface area contributed by atoms with Crippen LogP contribution in [-0.2, 0) is 0 Å². The Morgan fingerprint density at radius 2 is 2.67 bits per heavy atom. The molecule has 2 rings (SSSR count). The summed E-state index contributed by atoms with van der Waals surface area (Å²) >= 11 is 0. The third-order valence-corrected chi connectivity index (χ3v) is 1.43. The van der Waals surface area contributed by atoms with Crippen LogP contribution in [0.5, 0.6) is 0 Å². The summed E-state index contributed by atoms with van der Waals surface area (Å²) in [5.41, 5.74) is 1.63. The lowest BCUT2D eigenvalue weighted by molar-refractivity contribution is 1.17. The van der Waals surface area contributed by atoms with Gasteiger partial charge in [0, 0.05) is 5.92 Å². The third-order valence-electron chi connectivity index (χ3n) is 1.43. The van der Waals surface area contributed by atoms with Gasteiger partial charge in [-0.25, -0.2) is 0 Å². The van der Waals surface area contributed by atoms with Gasteiger partial charge in [-0.3, -0.25) is 0 Å². The van der Waals surface area contributed by atoms with Crippen molar-refractivity contribution in [2.75, 3.05) is 0 Å². The van der Waals surface area contributed by atoms with Crippen molar-refractivity contribution in [3.63, 3.8) is 0 Å². The van der Waals surface area contributed by atoms with Crippen LogP contribution >= 0.6 is 0 Å². The predicted molar refractivity (Wildman–Crippen MR) is 25.3 cm³/mol. The van der Waals surface area contributed by atoms with Crippen LogP contribution in [0.15, 0.2) is 23.8 Å². The molecule has 0 bridgehead atoms. The fourth-order valence-corrected chi connectivity index (χ4v) is 0.892. The Morgan fingerprint density at radius 3 is 2.83 bits per heavy atom. The maximum Gasteiger partial charge on any atom is 0.00208 e. The summed E-state index contributed by atoms with van der Waals surface area (Å²) in [7, 11) is 0. The van der Waals surface area contributed by atoms with E-state index in [1.54, 1.807) is 5.57 Å². The first kappa shape index (κ1) is 2.62. The Morgan fingerprint density at radius 1 is 1.67 bits per heavy atom. The van der Waals surface area contributed by atoms with E-state index in [0.717, 1.165) is 5.92 Å². The minimum absolute atomic E-state index is 0.894. The highest BCUT2D eigenvalue weighted by Crippen LogP contribution is 2.42. The molecule has 1 saturated carbocycles. The second-order valence-corrected chi connectivity index (χ2v) is 1.94. The molecule has 0 aromatic rings. The SMILES string of the molecule is C1=CC2CC2=C1. The molecule has 0 aromatic heterocycles. The number of hydrogen-bond acceptors (Lipinski definition) is 0. The monoisotopic (exact) mass is 78.0 g/mol. The molecule has 2 aliphatic rings. The molecule has 1 fully saturated rings. The summed E-state index contributed by atoms with van der Waals surface area (Å²) in [5, 5.41) is 0. The van der Waals surface area contributed by atoms with Gasteiger partial charge < -0.3 is 0 Å². The highest BCUT2D eigenvalue weighted by Gasteiger charge is 2.28. The van der Waals surface area contributed by atoms with E-state index < -0.39 is 0 Å². The summed E-state index contributed by atoms with van der Waals surface area (Å²) in [4.78, 5) is 0. The Balaban J connectivity index is 2.50. The molecule has 0 radical (unpaired) electrons. The molecule has 0 heteroatoms. The molecule has 2 aliphatic carbocycles. The van der Waals surface area contributed by atoms with Gasteiger partial charge in [0.1, 0.15) is 0 Å². The zero-order chi connectivity index (χ0) is 3.98. The molecule has 0 spiro atoms. The van der Waals surface area contributed by atoms with E-state index in [1.165, 1.54) is 6.42 Å². The molecule has 0 N–H and O–H groups in total. The maximum atomic E-state index is 2.26. The van der Waals surface area contributed by atoms with Gasteiger partial charge in [-0.15, -0.1) is 0 Å². The Kier molecular flexibility index (Phi) is 0.264. The van der Waals surface area contributed by atoms with Crippen molar-refractivity contribution in [3.8, 4) is 0 Å². The van der Waals surface area contributed by atoms with Gasteiger partial charge in [0.15, 0.2) is 0 Å². The highest BCUT2D eigenvalue weighted by molar-refractivity contribution is 5.39. The zero-order valence-electron chi connectivity index (χ0n) is 3.52. The topological polar surface area (TPSA) is 0 Å². The first-order chi connectivity index (χ1) is 2.97. The standard InChI is InChI=1S/C6H6/c1-2-5-4-6(5)3-1/h1-3,5H,4H2. The Labute approximate surface area is 37.2 Å². The van der Waals surface area contributed by atoms with Crippen LogP contribution in [0.4, 0.5) is 0 Å². The number of hydrogen-bond donors (Lipinski definition) is 0. The summed E-state index contributed by atoms with van der Waals surface area (Å²) < 4.78 is 0. The molecule has 30 valence electrons. The lowest BCUT2D eigenvalue weighted by Crippen LogP contribution is -1.50. The van der Waals surface area contributed by atoms with Crippen molar-refractivity contribution >= 4 is 0 Å². The van der Waals surface area contributed by atoms with Crippen LogP contribution in [0.25, 0.3) is 0 Å². The lowest BCUT2D eigenvalue weighted by Gasteiger charge is -1.62. The fourth-order valence-electron chi connectivity index (χ4n) is 0.892. The van der Waals surface area contributed by atoms with Gasteiger partial charge in [-0.2, -0.15) is 0 Å². The number of rotatable bonds is 0. The van der Waals surface area contributed by atoms with Crippen LogP contribution < -0.4 is 0 Å². The van der Waals surface area contributed by atoms with Gasteiger partial charge >= 0.3 is 0 Å². The average molecular weight is 78.1 g/mol. The molecule has 0 amide bonds. The molecular weight excluding hydrogens is 72.1 g/mol. The quantitative estimate of drug-likeness (QED) is 0.412. The molecular formula is C6H6. The molecule has 1 unspecified atom stereocenters. The second kappa shape index (κ2) is 0.604. The van der Waals surface area contributed by atoms with E-state index in [9.17, 15) is 0 Å². The maximum absolute atomic E-state index is 2.26. The van der Waals surface area contributed by atoms with Crippen molar-refractivity contribution in [2.45, 2.75) is 6.42 Å². The van der Waals surface area contributed by atoms with E-state index in [2.05, 4.69) is 18.2 Å². The van der Waals surface area contributed by atoms with Gasteiger partial charge in [0.25, 0.3) is 0 Å². The van der Waals surface area contributed by atoms with E-state index in [0.29, 0.717) is 0 Å². The number of fused-ring (bicyclic) bond motifs is 1. The molecule has 6 heavy (non-hydrogen) atoms. The molecule has 0 nitrogen and oxygen atoms in total. The molecule has 0 saturated heterocycles. The average Bonchev–Trinajstić information content (AvgIpc) is 2.17. The van der Waals surface area contributed by atoms with E-state index in [1.807, 2.05) is 0 Å². The van der Waals surface area contributed by atoms with Crippen LogP contribution in [0.3, 0.4) is 0 Å². The minimum atomic E-state index is 0.894. The molecule has 0 heterocycles. The van der Waals surface area contributed by atoms with Crippen molar-refractivity contribution in [1.82, 2.24) is 0 Å².